The molecule has 0 aliphatic carbocycles. The zero-order valence-electron chi connectivity index (χ0n) is 12.5. The summed E-state index contributed by atoms with van der Waals surface area (Å²) in [5, 5.41) is 6.22. The average Bonchev–Trinajstić information content (AvgIpc) is 2.36. The van der Waals surface area contributed by atoms with Gasteiger partial charge in [-0.2, -0.15) is 0 Å². The van der Waals surface area contributed by atoms with Crippen molar-refractivity contribution in [3.05, 3.63) is 23.2 Å². The van der Waals surface area contributed by atoms with Crippen LogP contribution in [-0.4, -0.2) is 19.2 Å². The van der Waals surface area contributed by atoms with Crippen molar-refractivity contribution in [2.75, 3.05) is 12.4 Å². The molecule has 5 heteroatoms. The maximum atomic E-state index is 11.9. The van der Waals surface area contributed by atoms with Gasteiger partial charge in [0.25, 0.3) is 0 Å². The largest absolute Gasteiger partial charge is 0.495 e. The summed E-state index contributed by atoms with van der Waals surface area (Å²) >= 11 is 5.92. The number of urea groups is 1. The number of anilines is 1. The van der Waals surface area contributed by atoms with Gasteiger partial charge in [-0.15, -0.1) is 0 Å². The zero-order chi connectivity index (χ0) is 15.1. The molecule has 2 N–H and O–H groups in total. The van der Waals surface area contributed by atoms with E-state index in [1.165, 1.54) is 0 Å². The van der Waals surface area contributed by atoms with E-state index in [1.807, 2.05) is 6.92 Å². The number of nitrogens with one attached hydrogen (secondary N) is 2. The Balaban J connectivity index is 2.55. The standard InChI is InChI=1S/C15H23ClN2O2/c1-10(2)5-6-11(3)17-15(19)18-13-9-12(16)7-8-14(13)20-4/h7-11H,5-6H2,1-4H3,(H2,17,18,19). The van der Waals surface area contributed by atoms with E-state index in [4.69, 9.17) is 16.3 Å². The third-order valence-electron chi connectivity index (χ3n) is 2.96. The number of halogens is 1. The van der Waals surface area contributed by atoms with Crippen LogP contribution >= 0.6 is 11.6 Å². The van der Waals surface area contributed by atoms with Crippen molar-refractivity contribution >= 4 is 23.3 Å². The molecule has 1 unspecified atom stereocenters. The smallest absolute Gasteiger partial charge is 0.319 e. The minimum absolute atomic E-state index is 0.127. The van der Waals surface area contributed by atoms with Crippen LogP contribution in [-0.2, 0) is 0 Å². The first-order chi connectivity index (χ1) is 9.42. The first-order valence-electron chi connectivity index (χ1n) is 6.83. The highest BCUT2D eigenvalue weighted by molar-refractivity contribution is 6.31. The lowest BCUT2D eigenvalue weighted by molar-refractivity contribution is 0.248. The summed E-state index contributed by atoms with van der Waals surface area (Å²) in [4.78, 5) is 11.9. The molecular weight excluding hydrogens is 276 g/mol. The number of amides is 2. The van der Waals surface area contributed by atoms with Gasteiger partial charge in [0.15, 0.2) is 0 Å². The number of benzene rings is 1. The Labute approximate surface area is 125 Å². The number of hydrogen-bond donors (Lipinski definition) is 2. The van der Waals surface area contributed by atoms with Crippen LogP contribution < -0.4 is 15.4 Å². The molecule has 112 valence electrons. The van der Waals surface area contributed by atoms with Crippen molar-refractivity contribution in [1.29, 1.82) is 0 Å². The number of ether oxygens (including phenoxy) is 1. The molecule has 0 bridgehead atoms. The topological polar surface area (TPSA) is 50.4 Å². The van der Waals surface area contributed by atoms with Gasteiger partial charge in [-0.05, 0) is 43.9 Å². The van der Waals surface area contributed by atoms with Crippen molar-refractivity contribution in [3.8, 4) is 5.75 Å². The Morgan fingerprint density at radius 1 is 1.30 bits per heavy atom. The van der Waals surface area contributed by atoms with Crippen LogP contribution in [0.1, 0.15) is 33.6 Å². The van der Waals surface area contributed by atoms with Crippen molar-refractivity contribution in [3.63, 3.8) is 0 Å². The summed E-state index contributed by atoms with van der Waals surface area (Å²) in [6, 6.07) is 4.98. The number of carbonyl (C=O) groups is 1. The molecule has 1 aromatic carbocycles. The lowest BCUT2D eigenvalue weighted by Gasteiger charge is -2.16. The molecule has 0 spiro atoms. The minimum Gasteiger partial charge on any atom is -0.495 e. The van der Waals surface area contributed by atoms with Gasteiger partial charge in [-0.1, -0.05) is 25.4 Å². The number of carbonyl (C=O) groups excluding carboxylic acids is 1. The van der Waals surface area contributed by atoms with Crippen molar-refractivity contribution in [2.45, 2.75) is 39.7 Å². The average molecular weight is 299 g/mol. The van der Waals surface area contributed by atoms with Crippen LogP contribution in [0.25, 0.3) is 0 Å². The summed E-state index contributed by atoms with van der Waals surface area (Å²) in [6.45, 7) is 6.34. The molecule has 2 amide bonds. The van der Waals surface area contributed by atoms with E-state index in [1.54, 1.807) is 25.3 Å². The van der Waals surface area contributed by atoms with Gasteiger partial charge in [0.2, 0.25) is 0 Å². The fraction of sp³-hybridized carbons (Fsp3) is 0.533. The van der Waals surface area contributed by atoms with Crippen LogP contribution in [0.2, 0.25) is 5.02 Å². The normalized spacial score (nSPS) is 12.1. The number of rotatable bonds is 6. The third kappa shape index (κ3) is 5.70. The van der Waals surface area contributed by atoms with Crippen LogP contribution in [0.5, 0.6) is 5.75 Å². The second-order valence-corrected chi connectivity index (χ2v) is 5.75. The second-order valence-electron chi connectivity index (χ2n) is 5.32. The van der Waals surface area contributed by atoms with Gasteiger partial charge >= 0.3 is 6.03 Å². The van der Waals surface area contributed by atoms with Gasteiger partial charge < -0.3 is 15.4 Å². The van der Waals surface area contributed by atoms with E-state index in [-0.39, 0.29) is 12.1 Å². The van der Waals surface area contributed by atoms with E-state index < -0.39 is 0 Å². The zero-order valence-corrected chi connectivity index (χ0v) is 13.3. The number of methoxy groups -OCH3 is 1. The van der Waals surface area contributed by atoms with Crippen molar-refractivity contribution < 1.29 is 9.53 Å². The van der Waals surface area contributed by atoms with Crippen molar-refractivity contribution in [1.82, 2.24) is 5.32 Å². The molecule has 0 aromatic heterocycles. The molecule has 4 nitrogen and oxygen atoms in total. The molecule has 0 fully saturated rings. The van der Waals surface area contributed by atoms with E-state index in [9.17, 15) is 4.79 Å². The quantitative estimate of drug-likeness (QED) is 0.823. The van der Waals surface area contributed by atoms with Gasteiger partial charge in [0.05, 0.1) is 12.8 Å². The maximum Gasteiger partial charge on any atom is 0.319 e. The summed E-state index contributed by atoms with van der Waals surface area (Å²) in [7, 11) is 1.55. The highest BCUT2D eigenvalue weighted by Crippen LogP contribution is 2.27. The molecule has 0 radical (unpaired) electrons. The van der Waals surface area contributed by atoms with Gasteiger partial charge in [0, 0.05) is 11.1 Å². The first kappa shape index (κ1) is 16.6. The van der Waals surface area contributed by atoms with Gasteiger partial charge in [-0.25, -0.2) is 4.79 Å². The first-order valence-corrected chi connectivity index (χ1v) is 7.21. The molecule has 1 rings (SSSR count). The molecule has 1 aromatic rings. The summed E-state index contributed by atoms with van der Waals surface area (Å²) in [5.41, 5.74) is 0.563. The van der Waals surface area contributed by atoms with E-state index in [0.717, 1.165) is 12.8 Å². The van der Waals surface area contributed by atoms with E-state index in [2.05, 4.69) is 24.5 Å². The van der Waals surface area contributed by atoms with Gasteiger partial charge in [-0.3, -0.25) is 0 Å². The fourth-order valence-corrected chi connectivity index (χ4v) is 1.99. The molecule has 0 heterocycles. The van der Waals surface area contributed by atoms with Crippen LogP contribution in [0, 0.1) is 5.92 Å². The van der Waals surface area contributed by atoms with Crippen LogP contribution in [0.4, 0.5) is 10.5 Å². The SMILES string of the molecule is COc1ccc(Cl)cc1NC(=O)NC(C)CCC(C)C. The second kappa shape index (κ2) is 8.00. The summed E-state index contributed by atoms with van der Waals surface area (Å²) < 4.78 is 5.18. The Morgan fingerprint density at radius 3 is 2.60 bits per heavy atom. The lowest BCUT2D eigenvalue weighted by Crippen LogP contribution is -2.36. The molecule has 1 atom stereocenters. The Kier molecular flexibility index (Phi) is 6.65. The Bertz CT molecular complexity index is 449. The Morgan fingerprint density at radius 2 is 2.00 bits per heavy atom. The molecule has 0 aliphatic heterocycles. The highest BCUT2D eigenvalue weighted by Gasteiger charge is 2.11. The molecule has 0 aliphatic rings. The Hall–Kier alpha value is -1.42. The molecule has 0 saturated heterocycles. The van der Waals surface area contributed by atoms with Crippen LogP contribution in [0.15, 0.2) is 18.2 Å². The highest BCUT2D eigenvalue weighted by atomic mass is 35.5. The predicted octanol–water partition coefficient (Wildman–Crippen LogP) is 4.29. The molecule has 0 saturated carbocycles. The molecular formula is C15H23ClN2O2. The monoisotopic (exact) mass is 298 g/mol. The molecule has 20 heavy (non-hydrogen) atoms. The summed E-state index contributed by atoms with van der Waals surface area (Å²) in [5.74, 6) is 1.22. The van der Waals surface area contributed by atoms with E-state index in [0.29, 0.717) is 22.4 Å². The number of hydrogen-bond acceptors (Lipinski definition) is 2. The lowest BCUT2D eigenvalue weighted by atomic mass is 10.0. The fourth-order valence-electron chi connectivity index (χ4n) is 1.82. The minimum atomic E-state index is -0.248. The predicted molar refractivity (Wildman–Crippen MR) is 83.7 cm³/mol. The van der Waals surface area contributed by atoms with Crippen molar-refractivity contribution in [2.24, 2.45) is 5.92 Å². The van der Waals surface area contributed by atoms with Gasteiger partial charge in [0.1, 0.15) is 5.75 Å². The third-order valence-corrected chi connectivity index (χ3v) is 3.20. The van der Waals surface area contributed by atoms with E-state index >= 15 is 0 Å². The summed E-state index contributed by atoms with van der Waals surface area (Å²) in [6.07, 6.45) is 2.04. The van der Waals surface area contributed by atoms with Crippen LogP contribution in [0.3, 0.4) is 0 Å². The maximum absolute atomic E-state index is 11.9.